The van der Waals surface area contributed by atoms with Crippen LogP contribution in [-0.4, -0.2) is 100 Å². The Kier molecular flexibility index (Phi) is 4.84. The van der Waals surface area contributed by atoms with Gasteiger partial charge in [-0.05, 0) is 14.1 Å². The van der Waals surface area contributed by atoms with Gasteiger partial charge in [0.1, 0.15) is 0 Å². The Bertz CT molecular complexity index is 391. The van der Waals surface area contributed by atoms with Gasteiger partial charge < -0.3 is 10.6 Å². The van der Waals surface area contributed by atoms with Gasteiger partial charge in [-0.3, -0.25) is 9.80 Å². The largest absolute Gasteiger partial charge is 0.325 e. The molecule has 2 aliphatic heterocycles. The molecular formula is C12H26N4O2S. The molecule has 0 aromatic rings. The van der Waals surface area contributed by atoms with Gasteiger partial charge in [0.15, 0.2) is 9.84 Å². The summed E-state index contributed by atoms with van der Waals surface area (Å²) in [4.78, 5) is 6.89. The van der Waals surface area contributed by atoms with Crippen molar-refractivity contribution >= 4 is 9.84 Å². The minimum Gasteiger partial charge on any atom is -0.325 e. The third-order valence-electron chi connectivity index (χ3n) is 4.10. The number of nitrogens with zero attached hydrogens (tertiary/aromatic N) is 3. The van der Waals surface area contributed by atoms with Crippen molar-refractivity contribution in [3.05, 3.63) is 0 Å². The standard InChI is InChI=1S/C12H26N4O2S/c1-14(2)3-4-15-5-7-16(8-6-15)12-10-19(17,18)9-11(12)13/h11-12H,3-10,13H2,1-2H3. The molecule has 0 aromatic heterocycles. The van der Waals surface area contributed by atoms with Crippen molar-refractivity contribution in [2.75, 3.05) is 64.9 Å². The number of hydrogen-bond acceptors (Lipinski definition) is 6. The van der Waals surface area contributed by atoms with Gasteiger partial charge in [-0.15, -0.1) is 0 Å². The summed E-state index contributed by atoms with van der Waals surface area (Å²) in [6.07, 6.45) is 0. The van der Waals surface area contributed by atoms with E-state index < -0.39 is 9.84 Å². The van der Waals surface area contributed by atoms with E-state index in [0.29, 0.717) is 0 Å². The van der Waals surface area contributed by atoms with Gasteiger partial charge in [0.05, 0.1) is 11.5 Å². The lowest BCUT2D eigenvalue weighted by atomic mass is 10.1. The molecule has 2 heterocycles. The van der Waals surface area contributed by atoms with E-state index >= 15 is 0 Å². The van der Waals surface area contributed by atoms with E-state index in [0.717, 1.165) is 39.3 Å². The normalized spacial score (nSPS) is 33.1. The number of nitrogens with two attached hydrogens (primary N) is 1. The maximum absolute atomic E-state index is 11.6. The summed E-state index contributed by atoms with van der Waals surface area (Å²) in [5.74, 6) is 0.393. The van der Waals surface area contributed by atoms with E-state index in [1.54, 1.807) is 0 Å². The monoisotopic (exact) mass is 290 g/mol. The van der Waals surface area contributed by atoms with Crippen LogP contribution in [0, 0.1) is 0 Å². The van der Waals surface area contributed by atoms with Gasteiger partial charge in [-0.25, -0.2) is 8.42 Å². The zero-order valence-electron chi connectivity index (χ0n) is 12.0. The van der Waals surface area contributed by atoms with Crippen molar-refractivity contribution in [1.29, 1.82) is 0 Å². The minimum absolute atomic E-state index is 0.0287. The van der Waals surface area contributed by atoms with Gasteiger partial charge in [-0.2, -0.15) is 0 Å². The fourth-order valence-corrected chi connectivity index (χ4v) is 4.82. The first-order valence-electron chi connectivity index (χ1n) is 6.94. The summed E-state index contributed by atoms with van der Waals surface area (Å²) in [7, 11) is 1.25. The molecule has 2 N–H and O–H groups in total. The average molecular weight is 290 g/mol. The fraction of sp³-hybridized carbons (Fsp3) is 1.00. The van der Waals surface area contributed by atoms with Crippen molar-refractivity contribution in [3.8, 4) is 0 Å². The lowest BCUT2D eigenvalue weighted by Gasteiger charge is -2.39. The van der Waals surface area contributed by atoms with Crippen LogP contribution >= 0.6 is 0 Å². The third-order valence-corrected chi connectivity index (χ3v) is 5.85. The minimum atomic E-state index is -2.92. The maximum Gasteiger partial charge on any atom is 0.153 e. The van der Waals surface area contributed by atoms with Crippen molar-refractivity contribution in [3.63, 3.8) is 0 Å². The molecule has 7 heteroatoms. The van der Waals surface area contributed by atoms with Gasteiger partial charge in [0, 0.05) is 51.4 Å². The van der Waals surface area contributed by atoms with Crippen LogP contribution in [0.5, 0.6) is 0 Å². The first-order valence-corrected chi connectivity index (χ1v) is 8.77. The van der Waals surface area contributed by atoms with Crippen LogP contribution in [0.25, 0.3) is 0 Å². The quantitative estimate of drug-likeness (QED) is 0.665. The molecule has 0 aromatic carbocycles. The molecule has 0 bridgehead atoms. The fourth-order valence-electron chi connectivity index (χ4n) is 2.89. The predicted octanol–water partition coefficient (Wildman–Crippen LogP) is -1.71. The summed E-state index contributed by atoms with van der Waals surface area (Å²) in [6.45, 7) is 6.03. The van der Waals surface area contributed by atoms with E-state index in [9.17, 15) is 8.42 Å². The van der Waals surface area contributed by atoms with E-state index in [2.05, 4.69) is 28.8 Å². The second kappa shape index (κ2) is 6.05. The van der Waals surface area contributed by atoms with Crippen molar-refractivity contribution < 1.29 is 8.42 Å². The SMILES string of the molecule is CN(C)CCN1CCN(C2CS(=O)(=O)CC2N)CC1. The van der Waals surface area contributed by atoms with Crippen molar-refractivity contribution in [2.24, 2.45) is 5.73 Å². The van der Waals surface area contributed by atoms with Crippen LogP contribution in [-0.2, 0) is 9.84 Å². The lowest BCUT2D eigenvalue weighted by Crippen LogP contribution is -2.55. The lowest BCUT2D eigenvalue weighted by molar-refractivity contribution is 0.0943. The molecule has 0 amide bonds. The first-order chi connectivity index (χ1) is 8.87. The molecule has 2 fully saturated rings. The number of piperazine rings is 1. The second-order valence-electron chi connectivity index (χ2n) is 5.99. The molecule has 6 nitrogen and oxygen atoms in total. The van der Waals surface area contributed by atoms with E-state index in [1.165, 1.54) is 0 Å². The second-order valence-corrected chi connectivity index (χ2v) is 8.14. The smallest absolute Gasteiger partial charge is 0.153 e. The van der Waals surface area contributed by atoms with E-state index in [-0.39, 0.29) is 23.6 Å². The van der Waals surface area contributed by atoms with Gasteiger partial charge in [0.2, 0.25) is 0 Å². The Morgan fingerprint density at radius 1 is 1.16 bits per heavy atom. The number of rotatable bonds is 4. The summed E-state index contributed by atoms with van der Waals surface area (Å²) in [5, 5.41) is 0. The van der Waals surface area contributed by atoms with Crippen LogP contribution in [0.1, 0.15) is 0 Å². The molecule has 0 aliphatic carbocycles. The molecule has 0 spiro atoms. The highest BCUT2D eigenvalue weighted by atomic mass is 32.2. The molecule has 19 heavy (non-hydrogen) atoms. The topological polar surface area (TPSA) is 69.9 Å². The molecular weight excluding hydrogens is 264 g/mol. The highest BCUT2D eigenvalue weighted by Gasteiger charge is 2.39. The molecule has 2 atom stereocenters. The summed E-state index contributed by atoms with van der Waals surface area (Å²) < 4.78 is 23.2. The van der Waals surface area contributed by atoms with Crippen molar-refractivity contribution in [1.82, 2.24) is 14.7 Å². The van der Waals surface area contributed by atoms with Crippen LogP contribution in [0.4, 0.5) is 0 Å². The summed E-state index contributed by atoms with van der Waals surface area (Å²) >= 11 is 0. The Morgan fingerprint density at radius 2 is 1.79 bits per heavy atom. The van der Waals surface area contributed by atoms with Crippen LogP contribution in [0.15, 0.2) is 0 Å². The zero-order chi connectivity index (χ0) is 14.0. The molecule has 2 unspecified atom stereocenters. The highest BCUT2D eigenvalue weighted by molar-refractivity contribution is 7.91. The van der Waals surface area contributed by atoms with Gasteiger partial charge in [0.25, 0.3) is 0 Å². The molecule has 2 rings (SSSR count). The molecule has 2 aliphatic rings. The predicted molar refractivity (Wildman–Crippen MR) is 77.0 cm³/mol. The Balaban J connectivity index is 1.80. The van der Waals surface area contributed by atoms with E-state index in [4.69, 9.17) is 5.73 Å². The van der Waals surface area contributed by atoms with Crippen LogP contribution < -0.4 is 5.73 Å². The highest BCUT2D eigenvalue weighted by Crippen LogP contribution is 2.18. The Morgan fingerprint density at radius 3 is 2.26 bits per heavy atom. The van der Waals surface area contributed by atoms with Crippen molar-refractivity contribution in [2.45, 2.75) is 12.1 Å². The first kappa shape index (κ1) is 15.2. The zero-order valence-corrected chi connectivity index (χ0v) is 12.8. The number of likely N-dealkylation sites (N-methyl/N-ethyl adjacent to an activating group) is 1. The van der Waals surface area contributed by atoms with E-state index in [1.807, 2.05) is 0 Å². The Labute approximate surface area is 116 Å². The van der Waals surface area contributed by atoms with Gasteiger partial charge >= 0.3 is 0 Å². The number of sulfone groups is 1. The van der Waals surface area contributed by atoms with Crippen LogP contribution in [0.2, 0.25) is 0 Å². The summed E-state index contributed by atoms with van der Waals surface area (Å²) in [5.41, 5.74) is 5.98. The van der Waals surface area contributed by atoms with Gasteiger partial charge in [-0.1, -0.05) is 0 Å². The molecule has 0 saturated carbocycles. The third kappa shape index (κ3) is 4.13. The molecule has 112 valence electrons. The molecule has 0 radical (unpaired) electrons. The van der Waals surface area contributed by atoms with Crippen LogP contribution in [0.3, 0.4) is 0 Å². The summed E-state index contributed by atoms with van der Waals surface area (Å²) in [6, 6.07) is -0.181. The average Bonchev–Trinajstić information content (AvgIpc) is 2.61. The Hall–Kier alpha value is -0.210. The molecule has 2 saturated heterocycles. The number of hydrogen-bond donors (Lipinski definition) is 1. The maximum atomic E-state index is 11.6.